The SMILES string of the molecule is CC(CCC(=O)O)[C@H]1CC[C@H]2[C@@H]3[C@H](O)CC4=CC(=O)CC[C@]4(C)[C@H]3CC[C@]12C. The van der Waals surface area contributed by atoms with Gasteiger partial charge in [0.15, 0.2) is 5.78 Å². The number of aliphatic hydroxyl groups excluding tert-OH is 1. The fourth-order valence-corrected chi connectivity index (χ4v) is 8.05. The predicted molar refractivity (Wildman–Crippen MR) is 108 cm³/mol. The molecule has 0 aromatic rings. The monoisotopic (exact) mass is 388 g/mol. The lowest BCUT2D eigenvalue weighted by Crippen LogP contribution is -2.55. The third-order valence-corrected chi connectivity index (χ3v) is 9.56. The quantitative estimate of drug-likeness (QED) is 0.738. The van der Waals surface area contributed by atoms with Gasteiger partial charge in [0.2, 0.25) is 0 Å². The normalized spacial score (nSPS) is 46.2. The molecule has 0 spiro atoms. The molecule has 0 aromatic heterocycles. The van der Waals surface area contributed by atoms with Crippen LogP contribution >= 0.6 is 0 Å². The van der Waals surface area contributed by atoms with Crippen molar-refractivity contribution in [2.75, 3.05) is 0 Å². The van der Waals surface area contributed by atoms with Crippen LogP contribution in [0, 0.1) is 40.4 Å². The minimum Gasteiger partial charge on any atom is -0.481 e. The van der Waals surface area contributed by atoms with Crippen LogP contribution < -0.4 is 0 Å². The van der Waals surface area contributed by atoms with Gasteiger partial charge in [0, 0.05) is 12.8 Å². The molecule has 4 nitrogen and oxygen atoms in total. The third kappa shape index (κ3) is 2.98. The number of rotatable bonds is 4. The molecular formula is C24H36O4. The number of fused-ring (bicyclic) bond motifs is 5. The van der Waals surface area contributed by atoms with Crippen molar-refractivity contribution in [1.29, 1.82) is 0 Å². The molecule has 0 aromatic carbocycles. The Hall–Kier alpha value is -1.16. The van der Waals surface area contributed by atoms with E-state index in [4.69, 9.17) is 5.11 Å². The zero-order chi connectivity index (χ0) is 20.3. The molecule has 0 saturated heterocycles. The number of ketones is 1. The van der Waals surface area contributed by atoms with Crippen molar-refractivity contribution in [1.82, 2.24) is 0 Å². The molecule has 2 N–H and O–H groups in total. The summed E-state index contributed by atoms with van der Waals surface area (Å²) in [5.74, 6) is 1.83. The number of hydrogen-bond donors (Lipinski definition) is 2. The van der Waals surface area contributed by atoms with Crippen LogP contribution in [0.1, 0.15) is 78.6 Å². The van der Waals surface area contributed by atoms with E-state index in [2.05, 4.69) is 20.8 Å². The van der Waals surface area contributed by atoms with Crippen molar-refractivity contribution in [3.05, 3.63) is 11.6 Å². The van der Waals surface area contributed by atoms with Crippen LogP contribution in [0.4, 0.5) is 0 Å². The summed E-state index contributed by atoms with van der Waals surface area (Å²) in [6, 6.07) is 0. The summed E-state index contributed by atoms with van der Waals surface area (Å²) in [5.41, 5.74) is 1.49. The van der Waals surface area contributed by atoms with E-state index in [1.807, 2.05) is 6.08 Å². The molecule has 4 aliphatic rings. The summed E-state index contributed by atoms with van der Waals surface area (Å²) in [7, 11) is 0. The van der Waals surface area contributed by atoms with E-state index >= 15 is 0 Å². The molecule has 3 fully saturated rings. The van der Waals surface area contributed by atoms with Crippen molar-refractivity contribution < 1.29 is 19.8 Å². The van der Waals surface area contributed by atoms with Gasteiger partial charge in [-0.25, -0.2) is 0 Å². The molecule has 4 aliphatic carbocycles. The second-order valence-corrected chi connectivity index (χ2v) is 10.8. The largest absolute Gasteiger partial charge is 0.481 e. The lowest BCUT2D eigenvalue weighted by molar-refractivity contribution is -0.137. The van der Waals surface area contributed by atoms with Gasteiger partial charge in [-0.05, 0) is 91.4 Å². The molecule has 156 valence electrons. The van der Waals surface area contributed by atoms with E-state index in [-0.39, 0.29) is 29.1 Å². The molecule has 3 saturated carbocycles. The Morgan fingerprint density at radius 1 is 1.21 bits per heavy atom. The number of aliphatic carboxylic acids is 1. The van der Waals surface area contributed by atoms with E-state index < -0.39 is 5.97 Å². The topological polar surface area (TPSA) is 74.6 Å². The first-order valence-electron chi connectivity index (χ1n) is 11.3. The van der Waals surface area contributed by atoms with Crippen LogP contribution in [0.3, 0.4) is 0 Å². The Balaban J connectivity index is 1.59. The van der Waals surface area contributed by atoms with Crippen molar-refractivity contribution in [3.8, 4) is 0 Å². The van der Waals surface area contributed by atoms with Crippen LogP contribution in [-0.2, 0) is 9.59 Å². The Morgan fingerprint density at radius 2 is 1.96 bits per heavy atom. The van der Waals surface area contributed by atoms with Gasteiger partial charge in [-0.3, -0.25) is 9.59 Å². The van der Waals surface area contributed by atoms with Crippen LogP contribution in [-0.4, -0.2) is 28.1 Å². The van der Waals surface area contributed by atoms with Crippen molar-refractivity contribution >= 4 is 11.8 Å². The fourth-order valence-electron chi connectivity index (χ4n) is 8.05. The molecule has 1 unspecified atom stereocenters. The summed E-state index contributed by atoms with van der Waals surface area (Å²) in [5, 5.41) is 20.3. The van der Waals surface area contributed by atoms with Gasteiger partial charge in [0.1, 0.15) is 0 Å². The van der Waals surface area contributed by atoms with Crippen molar-refractivity contribution in [3.63, 3.8) is 0 Å². The van der Waals surface area contributed by atoms with Gasteiger partial charge in [-0.1, -0.05) is 26.3 Å². The standard InChI is InChI=1S/C24H36O4/c1-14(4-7-21(27)28)17-5-6-18-22-19(9-11-24(17,18)3)23(2)10-8-16(25)12-15(23)13-20(22)26/h12,14,17-20,22,26H,4-11,13H2,1-3H3,(H,27,28)/t14?,17-,18+,19+,20-,22+,23+,24-/m1/s1. The van der Waals surface area contributed by atoms with Gasteiger partial charge >= 0.3 is 5.97 Å². The van der Waals surface area contributed by atoms with E-state index in [1.54, 1.807) is 0 Å². The number of carbonyl (C=O) groups is 2. The molecule has 4 rings (SSSR count). The van der Waals surface area contributed by atoms with Crippen LogP contribution in [0.2, 0.25) is 0 Å². The number of carboxylic acid groups (broad SMARTS) is 1. The average molecular weight is 389 g/mol. The van der Waals surface area contributed by atoms with E-state index in [9.17, 15) is 14.7 Å². The van der Waals surface area contributed by atoms with Crippen molar-refractivity contribution in [2.45, 2.75) is 84.7 Å². The zero-order valence-electron chi connectivity index (χ0n) is 17.6. The predicted octanol–water partition coefficient (Wildman–Crippen LogP) is 4.61. The first-order valence-corrected chi connectivity index (χ1v) is 11.3. The number of hydrogen-bond acceptors (Lipinski definition) is 3. The highest BCUT2D eigenvalue weighted by atomic mass is 16.4. The summed E-state index contributed by atoms with van der Waals surface area (Å²) >= 11 is 0. The summed E-state index contributed by atoms with van der Waals surface area (Å²) in [6.07, 6.45) is 9.39. The zero-order valence-corrected chi connectivity index (χ0v) is 17.6. The molecule has 0 bridgehead atoms. The van der Waals surface area contributed by atoms with E-state index in [1.165, 1.54) is 12.0 Å². The van der Waals surface area contributed by atoms with Gasteiger partial charge in [-0.15, -0.1) is 0 Å². The highest BCUT2D eigenvalue weighted by Gasteiger charge is 2.61. The van der Waals surface area contributed by atoms with Crippen LogP contribution in [0.5, 0.6) is 0 Å². The Kier molecular flexibility index (Phi) is 5.01. The van der Waals surface area contributed by atoms with Gasteiger partial charge in [-0.2, -0.15) is 0 Å². The van der Waals surface area contributed by atoms with E-state index in [0.29, 0.717) is 42.4 Å². The minimum atomic E-state index is -0.697. The molecule has 8 atom stereocenters. The smallest absolute Gasteiger partial charge is 0.303 e. The first-order chi connectivity index (χ1) is 13.2. The maximum atomic E-state index is 12.0. The second-order valence-electron chi connectivity index (χ2n) is 10.8. The Bertz CT molecular complexity index is 697. The molecule has 0 amide bonds. The molecule has 0 radical (unpaired) electrons. The molecule has 4 heteroatoms. The second kappa shape index (κ2) is 6.97. The highest BCUT2D eigenvalue weighted by Crippen LogP contribution is 2.67. The number of carboxylic acids is 1. The summed E-state index contributed by atoms with van der Waals surface area (Å²) < 4.78 is 0. The maximum Gasteiger partial charge on any atom is 0.303 e. The van der Waals surface area contributed by atoms with Crippen LogP contribution in [0.15, 0.2) is 11.6 Å². The summed E-state index contributed by atoms with van der Waals surface area (Å²) in [4.78, 5) is 23.0. The first kappa shape index (κ1) is 20.1. The van der Waals surface area contributed by atoms with Crippen molar-refractivity contribution in [2.24, 2.45) is 40.4 Å². The van der Waals surface area contributed by atoms with E-state index in [0.717, 1.165) is 32.1 Å². The van der Waals surface area contributed by atoms with Gasteiger partial charge < -0.3 is 10.2 Å². The van der Waals surface area contributed by atoms with Crippen LogP contribution in [0.25, 0.3) is 0 Å². The maximum absolute atomic E-state index is 12.0. The lowest BCUT2D eigenvalue weighted by Gasteiger charge is -2.59. The summed E-state index contributed by atoms with van der Waals surface area (Å²) in [6.45, 7) is 7.01. The highest BCUT2D eigenvalue weighted by molar-refractivity contribution is 5.91. The van der Waals surface area contributed by atoms with Gasteiger partial charge in [0.25, 0.3) is 0 Å². The minimum absolute atomic E-state index is 0.0755. The third-order valence-electron chi connectivity index (χ3n) is 9.56. The number of carbonyl (C=O) groups excluding carboxylic acids is 1. The Labute approximate surface area is 168 Å². The molecular weight excluding hydrogens is 352 g/mol. The average Bonchev–Trinajstić information content (AvgIpc) is 2.98. The molecule has 0 aliphatic heterocycles. The fraction of sp³-hybridized carbons (Fsp3) is 0.833. The van der Waals surface area contributed by atoms with Gasteiger partial charge in [0.05, 0.1) is 6.10 Å². The number of aliphatic hydroxyl groups is 1. The molecule has 28 heavy (non-hydrogen) atoms. The molecule has 0 heterocycles. The Morgan fingerprint density at radius 3 is 2.68 bits per heavy atom. The lowest BCUT2D eigenvalue weighted by atomic mass is 9.45.